The third kappa shape index (κ3) is 5.24. The average molecular weight is 584 g/mol. The van der Waals surface area contributed by atoms with Gasteiger partial charge in [-0.3, -0.25) is 14.3 Å². The minimum absolute atomic E-state index is 0.0129. The zero-order chi connectivity index (χ0) is 28.4. The first kappa shape index (κ1) is 26.9. The maximum absolute atomic E-state index is 14.1. The largest absolute Gasteiger partial charge is 0.506 e. The number of aromatic nitrogens is 5. The number of benzene rings is 1. The Morgan fingerprint density at radius 2 is 2.02 bits per heavy atom. The fraction of sp³-hybridized carbons (Fsp3) is 0.160. The summed E-state index contributed by atoms with van der Waals surface area (Å²) >= 11 is 6.29. The van der Waals surface area contributed by atoms with Crippen LogP contribution in [-0.4, -0.2) is 57.6 Å². The molecule has 0 saturated carbocycles. The van der Waals surface area contributed by atoms with Gasteiger partial charge in [-0.05, 0) is 36.9 Å². The lowest BCUT2D eigenvalue weighted by molar-refractivity contribution is 0.330. The minimum Gasteiger partial charge on any atom is -0.506 e. The fourth-order valence-electron chi connectivity index (χ4n) is 3.76. The lowest BCUT2D eigenvalue weighted by Crippen LogP contribution is -2.18. The van der Waals surface area contributed by atoms with Crippen molar-refractivity contribution in [2.75, 3.05) is 18.4 Å². The molecule has 12 nitrogen and oxygen atoms in total. The summed E-state index contributed by atoms with van der Waals surface area (Å²) < 4.78 is 54.4. The number of sulfonamides is 1. The Labute approximate surface area is 231 Å². The van der Waals surface area contributed by atoms with E-state index in [1.54, 1.807) is 19.1 Å². The van der Waals surface area contributed by atoms with E-state index in [0.717, 1.165) is 6.07 Å². The highest BCUT2D eigenvalue weighted by Gasteiger charge is 2.26. The topological polar surface area (TPSA) is 154 Å². The molecule has 3 aromatic heterocycles. The minimum atomic E-state index is -4.24. The number of para-hydroxylation sites is 1. The Balaban J connectivity index is 1.70. The SMILES string of the molecule is CCOC1=NC(c2nc3nc(Cl)c(NS(=O)(=O)Cc4ncccc4F)nc3n2-c2c(O)cccc2OC)=C=C=C1. The molecule has 0 radical (unpaired) electrons. The number of nitrogens with one attached hydrogen (secondary N) is 1. The van der Waals surface area contributed by atoms with Crippen LogP contribution < -0.4 is 9.46 Å². The highest BCUT2D eigenvalue weighted by molar-refractivity contribution is 7.91. The fourth-order valence-corrected chi connectivity index (χ4v) is 5.07. The Morgan fingerprint density at radius 1 is 1.20 bits per heavy atom. The first-order valence-corrected chi connectivity index (χ1v) is 13.6. The third-order valence-electron chi connectivity index (χ3n) is 5.40. The number of aromatic hydroxyl groups is 1. The molecule has 40 heavy (non-hydrogen) atoms. The van der Waals surface area contributed by atoms with E-state index in [4.69, 9.17) is 21.1 Å². The molecule has 1 aromatic carbocycles. The van der Waals surface area contributed by atoms with E-state index in [1.807, 2.05) is 0 Å². The highest BCUT2D eigenvalue weighted by atomic mass is 35.5. The Bertz CT molecular complexity index is 1890. The summed E-state index contributed by atoms with van der Waals surface area (Å²) in [4.78, 5) is 21.2. The van der Waals surface area contributed by atoms with Gasteiger partial charge in [0.05, 0.1) is 25.5 Å². The van der Waals surface area contributed by atoms with Crippen molar-refractivity contribution in [1.82, 2.24) is 24.5 Å². The molecule has 0 bridgehead atoms. The number of phenolic OH excluding ortho intramolecular Hbond substituents is 1. The molecule has 204 valence electrons. The summed E-state index contributed by atoms with van der Waals surface area (Å²) in [6.45, 7) is 2.14. The molecule has 0 fully saturated rings. The van der Waals surface area contributed by atoms with Gasteiger partial charge in [0, 0.05) is 6.20 Å². The summed E-state index contributed by atoms with van der Waals surface area (Å²) in [6.07, 6.45) is 2.76. The van der Waals surface area contributed by atoms with Crippen molar-refractivity contribution in [2.45, 2.75) is 12.7 Å². The smallest absolute Gasteiger partial charge is 0.239 e. The van der Waals surface area contributed by atoms with Gasteiger partial charge < -0.3 is 14.6 Å². The first-order valence-electron chi connectivity index (χ1n) is 11.6. The average Bonchev–Trinajstić information content (AvgIpc) is 3.27. The molecule has 0 amide bonds. The van der Waals surface area contributed by atoms with Gasteiger partial charge in [-0.15, -0.1) is 0 Å². The molecular formula is C25H19ClFN7O5S. The van der Waals surface area contributed by atoms with Crippen molar-refractivity contribution in [2.24, 2.45) is 4.99 Å². The van der Waals surface area contributed by atoms with E-state index in [0.29, 0.717) is 6.61 Å². The van der Waals surface area contributed by atoms with Crippen LogP contribution in [0.1, 0.15) is 18.4 Å². The number of ether oxygens (including phenoxy) is 2. The number of methoxy groups -OCH3 is 1. The number of halogens is 2. The number of hydrogen-bond donors (Lipinski definition) is 2. The number of aliphatic imine (C=N–C) groups is 1. The molecule has 1 aliphatic heterocycles. The molecule has 0 atom stereocenters. The highest BCUT2D eigenvalue weighted by Crippen LogP contribution is 2.37. The van der Waals surface area contributed by atoms with Crippen molar-refractivity contribution in [3.05, 3.63) is 76.6 Å². The quantitative estimate of drug-likeness (QED) is 0.295. The molecular weight excluding hydrogens is 565 g/mol. The second-order valence-electron chi connectivity index (χ2n) is 8.05. The Kier molecular flexibility index (Phi) is 7.24. The number of rotatable bonds is 8. The molecule has 1 aliphatic rings. The van der Waals surface area contributed by atoms with Crippen LogP contribution in [0.5, 0.6) is 11.5 Å². The second kappa shape index (κ2) is 10.8. The van der Waals surface area contributed by atoms with Crippen LogP contribution in [-0.2, 0) is 20.5 Å². The van der Waals surface area contributed by atoms with Crippen molar-refractivity contribution in [1.29, 1.82) is 0 Å². The van der Waals surface area contributed by atoms with Crippen molar-refractivity contribution in [3.8, 4) is 17.2 Å². The zero-order valence-electron chi connectivity index (χ0n) is 20.9. The summed E-state index contributed by atoms with van der Waals surface area (Å²) in [7, 11) is -2.83. The number of pyridine rings is 1. The lowest BCUT2D eigenvalue weighted by Gasteiger charge is -2.15. The molecule has 4 heterocycles. The number of anilines is 1. The number of imidazole rings is 1. The monoisotopic (exact) mass is 583 g/mol. The summed E-state index contributed by atoms with van der Waals surface area (Å²) in [5.74, 6) is -1.58. The number of phenols is 1. The number of fused-ring (bicyclic) bond motifs is 1. The normalized spacial score (nSPS) is 12.8. The van der Waals surface area contributed by atoms with Gasteiger partial charge >= 0.3 is 0 Å². The second-order valence-corrected chi connectivity index (χ2v) is 10.1. The van der Waals surface area contributed by atoms with Crippen LogP contribution in [0.4, 0.5) is 10.2 Å². The van der Waals surface area contributed by atoms with Gasteiger partial charge in [0.25, 0.3) is 0 Å². The van der Waals surface area contributed by atoms with Gasteiger partial charge in [0.15, 0.2) is 33.8 Å². The molecule has 0 unspecified atom stereocenters. The molecule has 0 aliphatic carbocycles. The van der Waals surface area contributed by atoms with E-state index in [2.05, 4.69) is 41.1 Å². The summed E-state index contributed by atoms with van der Waals surface area (Å²) in [6, 6.07) is 7.03. The zero-order valence-corrected chi connectivity index (χ0v) is 22.5. The van der Waals surface area contributed by atoms with Crippen LogP contribution in [0.3, 0.4) is 0 Å². The van der Waals surface area contributed by atoms with Gasteiger partial charge in [-0.25, -0.2) is 32.8 Å². The Hall–Kier alpha value is -4.74. The van der Waals surface area contributed by atoms with E-state index >= 15 is 0 Å². The van der Waals surface area contributed by atoms with Gasteiger partial charge in [0.1, 0.15) is 28.8 Å². The van der Waals surface area contributed by atoms with E-state index in [1.165, 1.54) is 36.1 Å². The van der Waals surface area contributed by atoms with Crippen LogP contribution in [0.2, 0.25) is 5.15 Å². The molecule has 4 aromatic rings. The van der Waals surface area contributed by atoms with Crippen LogP contribution >= 0.6 is 11.6 Å². The van der Waals surface area contributed by atoms with E-state index < -0.39 is 21.6 Å². The maximum atomic E-state index is 14.1. The number of hydrogen-bond acceptors (Lipinski definition) is 10. The van der Waals surface area contributed by atoms with Crippen molar-refractivity contribution < 1.29 is 27.4 Å². The number of nitrogens with zero attached hydrogens (tertiary/aromatic N) is 6. The van der Waals surface area contributed by atoms with Crippen molar-refractivity contribution >= 4 is 50.3 Å². The van der Waals surface area contributed by atoms with Gasteiger partial charge in [0.2, 0.25) is 15.9 Å². The van der Waals surface area contributed by atoms with Gasteiger partial charge in [-0.1, -0.05) is 23.4 Å². The predicted octanol–water partition coefficient (Wildman–Crippen LogP) is 3.76. The van der Waals surface area contributed by atoms with Crippen LogP contribution in [0, 0.1) is 5.82 Å². The van der Waals surface area contributed by atoms with E-state index in [-0.39, 0.29) is 62.6 Å². The summed E-state index contributed by atoms with van der Waals surface area (Å²) in [5, 5.41) is 10.5. The van der Waals surface area contributed by atoms with Crippen molar-refractivity contribution in [3.63, 3.8) is 0 Å². The van der Waals surface area contributed by atoms with Gasteiger partial charge in [-0.2, -0.15) is 0 Å². The van der Waals surface area contributed by atoms with Crippen LogP contribution in [0.15, 0.2) is 59.1 Å². The molecule has 0 saturated heterocycles. The van der Waals surface area contributed by atoms with E-state index in [9.17, 15) is 17.9 Å². The molecule has 15 heteroatoms. The predicted molar refractivity (Wildman–Crippen MR) is 144 cm³/mol. The molecule has 5 rings (SSSR count). The third-order valence-corrected chi connectivity index (χ3v) is 6.82. The standard InChI is InChI=1S/C25H19ClFN7O5S/c1-3-39-19-11-4-8-15(29-19)24-32-23-25(34(24)20-17(35)9-5-10-18(20)38-2)31-22(21(26)30-23)33-40(36,37)13-16-14(27)7-6-12-28-16/h5-7,9-12,35H,3,13H2,1-2H3,(H,31,33). The van der Waals surface area contributed by atoms with Crippen LogP contribution in [0.25, 0.3) is 22.7 Å². The molecule has 0 spiro atoms. The first-order chi connectivity index (χ1) is 19.2. The molecule has 2 N–H and O–H groups in total. The maximum Gasteiger partial charge on any atom is 0.239 e. The lowest BCUT2D eigenvalue weighted by atomic mass is 10.2. The Morgan fingerprint density at radius 3 is 2.77 bits per heavy atom. The summed E-state index contributed by atoms with van der Waals surface area (Å²) in [5.41, 5.74) is 5.60.